The van der Waals surface area contributed by atoms with Crippen LogP contribution >= 0.6 is 0 Å². The van der Waals surface area contributed by atoms with Gasteiger partial charge in [-0.2, -0.15) is 5.10 Å². The van der Waals surface area contributed by atoms with Gasteiger partial charge in [-0.3, -0.25) is 0 Å². The summed E-state index contributed by atoms with van der Waals surface area (Å²) in [6, 6.07) is 12.2. The molecule has 0 aliphatic carbocycles. The monoisotopic (exact) mass is 257 g/mol. The molecule has 0 radical (unpaired) electrons. The number of benzene rings is 1. The van der Waals surface area contributed by atoms with E-state index < -0.39 is 0 Å². The van der Waals surface area contributed by atoms with Crippen LogP contribution in [0.15, 0.2) is 42.6 Å². The third kappa shape index (κ3) is 2.85. The van der Waals surface area contributed by atoms with E-state index in [1.54, 1.807) is 0 Å². The zero-order valence-electron chi connectivity index (χ0n) is 11.2. The van der Waals surface area contributed by atoms with Crippen LogP contribution in [0.2, 0.25) is 0 Å². The van der Waals surface area contributed by atoms with Crippen molar-refractivity contribution in [2.24, 2.45) is 5.41 Å². The lowest BCUT2D eigenvalue weighted by Crippen LogP contribution is -2.47. The molecule has 1 aromatic heterocycles. The highest BCUT2D eigenvalue weighted by molar-refractivity contribution is 5.30. The minimum Gasteiger partial charge on any atom is -0.380 e. The molecule has 2 heterocycles. The molecule has 1 aromatic carbocycles. The van der Waals surface area contributed by atoms with E-state index in [1.807, 2.05) is 29.1 Å². The maximum atomic E-state index is 5.24. The first-order valence-electron chi connectivity index (χ1n) is 6.64. The molecule has 4 nitrogen and oxygen atoms in total. The van der Waals surface area contributed by atoms with Crippen LogP contribution in [-0.4, -0.2) is 29.5 Å². The van der Waals surface area contributed by atoms with E-state index in [0.717, 1.165) is 37.7 Å². The Kier molecular flexibility index (Phi) is 3.36. The second-order valence-corrected chi connectivity index (χ2v) is 5.49. The van der Waals surface area contributed by atoms with Crippen molar-refractivity contribution in [2.45, 2.75) is 13.5 Å². The van der Waals surface area contributed by atoms with Crippen molar-refractivity contribution in [1.29, 1.82) is 0 Å². The number of ether oxygens (including phenoxy) is 1. The zero-order chi connectivity index (χ0) is 13.1. The summed E-state index contributed by atoms with van der Waals surface area (Å²) in [6.07, 6.45) is 2.00. The summed E-state index contributed by atoms with van der Waals surface area (Å²) in [6.45, 7) is 5.74. The summed E-state index contributed by atoms with van der Waals surface area (Å²) < 4.78 is 7.15. The van der Waals surface area contributed by atoms with Gasteiger partial charge in [-0.1, -0.05) is 25.1 Å². The van der Waals surface area contributed by atoms with Crippen molar-refractivity contribution < 1.29 is 4.74 Å². The third-order valence-electron chi connectivity index (χ3n) is 3.42. The molecule has 0 amide bonds. The van der Waals surface area contributed by atoms with Gasteiger partial charge in [0.15, 0.2) is 0 Å². The van der Waals surface area contributed by atoms with Crippen molar-refractivity contribution in [3.05, 3.63) is 48.3 Å². The van der Waals surface area contributed by atoms with Crippen molar-refractivity contribution in [1.82, 2.24) is 15.1 Å². The summed E-state index contributed by atoms with van der Waals surface area (Å²) in [4.78, 5) is 0. The second-order valence-electron chi connectivity index (χ2n) is 5.49. The van der Waals surface area contributed by atoms with E-state index in [2.05, 4.69) is 35.5 Å². The van der Waals surface area contributed by atoms with Crippen molar-refractivity contribution in [3.8, 4) is 5.69 Å². The van der Waals surface area contributed by atoms with E-state index in [9.17, 15) is 0 Å². The number of rotatable bonds is 5. The van der Waals surface area contributed by atoms with Gasteiger partial charge < -0.3 is 10.1 Å². The Hall–Kier alpha value is -1.65. The molecule has 1 N–H and O–H groups in total. The SMILES string of the molecule is CC1(CNCc2ccn(-c3ccccc3)n2)COC1. The fraction of sp³-hybridized carbons (Fsp3) is 0.400. The van der Waals surface area contributed by atoms with Crippen LogP contribution in [0.3, 0.4) is 0 Å². The number of aromatic nitrogens is 2. The Morgan fingerprint density at radius 3 is 2.74 bits per heavy atom. The molecule has 1 fully saturated rings. The van der Waals surface area contributed by atoms with Gasteiger partial charge in [0, 0.05) is 24.7 Å². The molecule has 100 valence electrons. The first-order valence-corrected chi connectivity index (χ1v) is 6.64. The first-order chi connectivity index (χ1) is 9.25. The minimum absolute atomic E-state index is 0.308. The van der Waals surface area contributed by atoms with Gasteiger partial charge in [-0.25, -0.2) is 4.68 Å². The fourth-order valence-electron chi connectivity index (χ4n) is 2.23. The molecule has 0 bridgehead atoms. The van der Waals surface area contributed by atoms with E-state index in [-0.39, 0.29) is 0 Å². The molecule has 0 atom stereocenters. The van der Waals surface area contributed by atoms with Crippen LogP contribution in [0.1, 0.15) is 12.6 Å². The molecule has 2 aromatic rings. The Labute approximate surface area is 113 Å². The lowest BCUT2D eigenvalue weighted by Gasteiger charge is -2.38. The van der Waals surface area contributed by atoms with Gasteiger partial charge in [0.25, 0.3) is 0 Å². The summed E-state index contributed by atoms with van der Waals surface area (Å²) in [7, 11) is 0. The van der Waals surface area contributed by atoms with Gasteiger partial charge >= 0.3 is 0 Å². The van der Waals surface area contributed by atoms with Crippen LogP contribution in [0.4, 0.5) is 0 Å². The van der Waals surface area contributed by atoms with Crippen molar-refractivity contribution in [2.75, 3.05) is 19.8 Å². The Balaban J connectivity index is 1.56. The molecule has 4 heteroatoms. The van der Waals surface area contributed by atoms with Crippen LogP contribution in [-0.2, 0) is 11.3 Å². The topological polar surface area (TPSA) is 39.1 Å². The van der Waals surface area contributed by atoms with Crippen molar-refractivity contribution in [3.63, 3.8) is 0 Å². The molecule has 0 saturated carbocycles. The molecule has 0 spiro atoms. The number of hydrogen-bond donors (Lipinski definition) is 1. The average molecular weight is 257 g/mol. The highest BCUT2D eigenvalue weighted by Gasteiger charge is 2.32. The van der Waals surface area contributed by atoms with Crippen LogP contribution in [0, 0.1) is 5.41 Å². The van der Waals surface area contributed by atoms with Crippen LogP contribution < -0.4 is 5.32 Å². The molecule has 0 unspecified atom stereocenters. The van der Waals surface area contributed by atoms with E-state index >= 15 is 0 Å². The van der Waals surface area contributed by atoms with Gasteiger partial charge in [-0.15, -0.1) is 0 Å². The van der Waals surface area contributed by atoms with Gasteiger partial charge in [0.1, 0.15) is 0 Å². The highest BCUT2D eigenvalue weighted by atomic mass is 16.5. The van der Waals surface area contributed by atoms with Crippen molar-refractivity contribution >= 4 is 0 Å². The average Bonchev–Trinajstić information content (AvgIpc) is 2.87. The lowest BCUT2D eigenvalue weighted by atomic mass is 9.89. The maximum absolute atomic E-state index is 5.24. The summed E-state index contributed by atoms with van der Waals surface area (Å²) >= 11 is 0. The normalized spacial score (nSPS) is 17.1. The summed E-state index contributed by atoms with van der Waals surface area (Å²) in [5, 5.41) is 8.02. The zero-order valence-corrected chi connectivity index (χ0v) is 11.2. The molecule has 1 aliphatic rings. The molecule has 3 rings (SSSR count). The Morgan fingerprint density at radius 1 is 1.26 bits per heavy atom. The quantitative estimate of drug-likeness (QED) is 0.890. The van der Waals surface area contributed by atoms with Crippen LogP contribution in [0.5, 0.6) is 0 Å². The Morgan fingerprint density at radius 2 is 2.05 bits per heavy atom. The summed E-state index contributed by atoms with van der Waals surface area (Å²) in [5.74, 6) is 0. The lowest BCUT2D eigenvalue weighted by molar-refractivity contribution is -0.0991. The Bertz CT molecular complexity index is 531. The van der Waals surface area contributed by atoms with E-state index in [4.69, 9.17) is 4.74 Å². The molecular weight excluding hydrogens is 238 g/mol. The molecule has 1 saturated heterocycles. The minimum atomic E-state index is 0.308. The smallest absolute Gasteiger partial charge is 0.0766 e. The largest absolute Gasteiger partial charge is 0.380 e. The number of hydrogen-bond acceptors (Lipinski definition) is 3. The maximum Gasteiger partial charge on any atom is 0.0766 e. The van der Waals surface area contributed by atoms with Gasteiger partial charge in [-0.05, 0) is 18.2 Å². The van der Waals surface area contributed by atoms with E-state index in [0.29, 0.717) is 5.41 Å². The predicted octanol–water partition coefficient (Wildman–Crippen LogP) is 2.00. The van der Waals surface area contributed by atoms with E-state index in [1.165, 1.54) is 0 Å². The number of nitrogens with one attached hydrogen (secondary N) is 1. The molecular formula is C15H19N3O. The summed E-state index contributed by atoms with van der Waals surface area (Å²) in [5.41, 5.74) is 2.46. The predicted molar refractivity (Wildman–Crippen MR) is 74.2 cm³/mol. The fourth-order valence-corrected chi connectivity index (χ4v) is 2.23. The standard InChI is InChI=1S/C15H19N3O/c1-15(11-19-12-15)10-16-9-13-7-8-18(17-13)14-5-3-2-4-6-14/h2-8,16H,9-12H2,1H3. The van der Waals surface area contributed by atoms with Crippen LogP contribution in [0.25, 0.3) is 5.69 Å². The second kappa shape index (κ2) is 5.15. The number of para-hydroxylation sites is 1. The van der Waals surface area contributed by atoms with Gasteiger partial charge in [0.05, 0.1) is 24.6 Å². The third-order valence-corrected chi connectivity index (χ3v) is 3.42. The molecule has 19 heavy (non-hydrogen) atoms. The number of nitrogens with zero attached hydrogens (tertiary/aromatic N) is 2. The highest BCUT2D eigenvalue weighted by Crippen LogP contribution is 2.25. The van der Waals surface area contributed by atoms with Gasteiger partial charge in [0.2, 0.25) is 0 Å². The molecule has 1 aliphatic heterocycles. The first kappa shape index (κ1) is 12.4.